The summed E-state index contributed by atoms with van der Waals surface area (Å²) in [6.45, 7) is 0.185. The van der Waals surface area contributed by atoms with E-state index in [1.807, 2.05) is 30.3 Å². The lowest BCUT2D eigenvalue weighted by Crippen LogP contribution is -2.15. The van der Waals surface area contributed by atoms with Gasteiger partial charge in [0.25, 0.3) is 15.9 Å². The third-order valence-electron chi connectivity index (χ3n) is 4.51. The highest BCUT2D eigenvalue weighted by Gasteiger charge is 2.18. The minimum absolute atomic E-state index is 0.120. The standard InChI is InChI=1S/C23H20N4O6S/c1-31-21-13-22(25-15-24-21)34(29,30)27-17-9-7-16(8-10-17)26-23(28)20-12-11-19(33-20)14-32-18-5-3-2-4-6-18/h2-13,15,27H,14H2,1H3,(H,26,28). The Balaban J connectivity index is 1.35. The first-order chi connectivity index (χ1) is 16.4. The lowest BCUT2D eigenvalue weighted by molar-refractivity contribution is 0.0992. The van der Waals surface area contributed by atoms with Crippen molar-refractivity contribution in [3.8, 4) is 11.6 Å². The van der Waals surface area contributed by atoms with Crippen molar-refractivity contribution in [3.05, 3.63) is 90.6 Å². The highest BCUT2D eigenvalue weighted by atomic mass is 32.2. The predicted molar refractivity (Wildman–Crippen MR) is 123 cm³/mol. The average Bonchev–Trinajstić information content (AvgIpc) is 3.34. The molecule has 2 N–H and O–H groups in total. The Kier molecular flexibility index (Phi) is 6.74. The molecular formula is C23H20N4O6S. The van der Waals surface area contributed by atoms with Crippen LogP contribution < -0.4 is 19.5 Å². The quantitative estimate of drug-likeness (QED) is 0.347. The molecule has 34 heavy (non-hydrogen) atoms. The van der Waals surface area contributed by atoms with Gasteiger partial charge >= 0.3 is 0 Å². The molecule has 2 aromatic carbocycles. The zero-order valence-corrected chi connectivity index (χ0v) is 18.8. The van der Waals surface area contributed by atoms with Gasteiger partial charge in [0.15, 0.2) is 10.8 Å². The van der Waals surface area contributed by atoms with E-state index in [0.717, 1.165) is 6.33 Å². The molecule has 1 amide bonds. The van der Waals surface area contributed by atoms with Gasteiger partial charge in [0.2, 0.25) is 5.88 Å². The molecule has 0 aliphatic heterocycles. The van der Waals surface area contributed by atoms with Crippen LogP contribution in [0.1, 0.15) is 16.3 Å². The van der Waals surface area contributed by atoms with E-state index in [9.17, 15) is 13.2 Å². The molecule has 0 saturated heterocycles. The van der Waals surface area contributed by atoms with Crippen molar-refractivity contribution in [2.24, 2.45) is 0 Å². The van der Waals surface area contributed by atoms with Crippen LogP contribution in [0.25, 0.3) is 0 Å². The summed E-state index contributed by atoms with van der Waals surface area (Å²) in [5, 5.41) is 2.46. The van der Waals surface area contributed by atoms with E-state index in [0.29, 0.717) is 17.2 Å². The Morgan fingerprint density at radius 3 is 2.44 bits per heavy atom. The summed E-state index contributed by atoms with van der Waals surface area (Å²) in [6.07, 6.45) is 1.10. The number of carbonyl (C=O) groups is 1. The fraction of sp³-hybridized carbons (Fsp3) is 0.0870. The van der Waals surface area contributed by atoms with Gasteiger partial charge in [-0.25, -0.2) is 9.97 Å². The fourth-order valence-electron chi connectivity index (χ4n) is 2.85. The smallest absolute Gasteiger partial charge is 0.291 e. The van der Waals surface area contributed by atoms with Crippen LogP contribution in [0.2, 0.25) is 0 Å². The number of nitrogens with zero attached hydrogens (tertiary/aromatic N) is 2. The Bertz CT molecular complexity index is 1370. The molecule has 4 aromatic rings. The highest BCUT2D eigenvalue weighted by molar-refractivity contribution is 7.92. The van der Waals surface area contributed by atoms with Crippen LogP contribution in [-0.2, 0) is 16.6 Å². The number of para-hydroxylation sites is 1. The Morgan fingerprint density at radius 2 is 1.71 bits per heavy atom. The molecule has 2 aromatic heterocycles. The van der Waals surface area contributed by atoms with E-state index >= 15 is 0 Å². The number of furan rings is 1. The number of amides is 1. The first-order valence-electron chi connectivity index (χ1n) is 10.00. The number of hydrogen-bond donors (Lipinski definition) is 2. The minimum atomic E-state index is -3.94. The van der Waals surface area contributed by atoms with Crippen LogP contribution in [0.15, 0.2) is 88.6 Å². The summed E-state index contributed by atoms with van der Waals surface area (Å²) in [7, 11) is -2.57. The average molecular weight is 481 g/mol. The first kappa shape index (κ1) is 22.8. The van der Waals surface area contributed by atoms with Crippen molar-refractivity contribution in [3.63, 3.8) is 0 Å². The molecule has 0 radical (unpaired) electrons. The number of anilines is 2. The topological polar surface area (TPSA) is 133 Å². The van der Waals surface area contributed by atoms with E-state index in [-0.39, 0.29) is 29.0 Å². The number of hydrogen-bond acceptors (Lipinski definition) is 8. The third kappa shape index (κ3) is 5.70. The van der Waals surface area contributed by atoms with Gasteiger partial charge in [-0.15, -0.1) is 0 Å². The number of sulfonamides is 1. The molecular weight excluding hydrogens is 460 g/mol. The Labute approximate surface area is 195 Å². The summed E-state index contributed by atoms with van der Waals surface area (Å²) >= 11 is 0. The lowest BCUT2D eigenvalue weighted by atomic mass is 10.3. The number of ether oxygens (including phenoxy) is 2. The number of methoxy groups -OCH3 is 1. The van der Waals surface area contributed by atoms with Crippen molar-refractivity contribution in [2.45, 2.75) is 11.6 Å². The zero-order chi connectivity index (χ0) is 24.0. The van der Waals surface area contributed by atoms with E-state index in [1.54, 1.807) is 24.3 Å². The molecule has 0 fully saturated rings. The number of nitrogens with one attached hydrogen (secondary N) is 2. The SMILES string of the molecule is COc1cc(S(=O)(=O)Nc2ccc(NC(=O)c3ccc(COc4ccccc4)o3)cc2)ncn1. The maximum atomic E-state index is 12.5. The van der Waals surface area contributed by atoms with Crippen LogP contribution in [0.5, 0.6) is 11.6 Å². The van der Waals surface area contributed by atoms with Crippen LogP contribution in [-0.4, -0.2) is 31.4 Å². The van der Waals surface area contributed by atoms with Gasteiger partial charge in [0, 0.05) is 17.4 Å². The summed E-state index contributed by atoms with van der Waals surface area (Å²) in [6, 6.07) is 19.8. The largest absolute Gasteiger partial charge is 0.486 e. The van der Waals surface area contributed by atoms with Crippen LogP contribution in [0.3, 0.4) is 0 Å². The highest BCUT2D eigenvalue weighted by Crippen LogP contribution is 2.20. The summed E-state index contributed by atoms with van der Waals surface area (Å²) in [4.78, 5) is 20.0. The van der Waals surface area contributed by atoms with Crippen molar-refractivity contribution in [1.82, 2.24) is 9.97 Å². The van der Waals surface area contributed by atoms with Crippen LogP contribution in [0.4, 0.5) is 11.4 Å². The van der Waals surface area contributed by atoms with Crippen molar-refractivity contribution < 1.29 is 27.1 Å². The Hall–Kier alpha value is -4.38. The molecule has 0 aliphatic rings. The summed E-state index contributed by atoms with van der Waals surface area (Å²) in [5.41, 5.74) is 0.740. The van der Waals surface area contributed by atoms with Gasteiger partial charge in [-0.3, -0.25) is 9.52 Å². The molecule has 0 bridgehead atoms. The van der Waals surface area contributed by atoms with E-state index < -0.39 is 15.9 Å². The number of rotatable bonds is 9. The molecule has 0 aliphatic carbocycles. The zero-order valence-electron chi connectivity index (χ0n) is 18.0. The second-order valence-corrected chi connectivity index (χ2v) is 8.53. The maximum Gasteiger partial charge on any atom is 0.291 e. The van der Waals surface area contributed by atoms with Gasteiger partial charge in [0.05, 0.1) is 7.11 Å². The molecule has 0 saturated carbocycles. The molecule has 10 nitrogen and oxygen atoms in total. The van der Waals surface area contributed by atoms with E-state index in [4.69, 9.17) is 13.9 Å². The maximum absolute atomic E-state index is 12.5. The molecule has 0 unspecified atom stereocenters. The van der Waals surface area contributed by atoms with E-state index in [2.05, 4.69) is 20.0 Å². The summed E-state index contributed by atoms with van der Waals surface area (Å²) < 4.78 is 43.5. The third-order valence-corrected chi connectivity index (χ3v) is 5.78. The van der Waals surface area contributed by atoms with Gasteiger partial charge in [-0.1, -0.05) is 18.2 Å². The van der Waals surface area contributed by atoms with Gasteiger partial charge in [-0.2, -0.15) is 8.42 Å². The monoisotopic (exact) mass is 480 g/mol. The van der Waals surface area contributed by atoms with Gasteiger partial charge in [0.1, 0.15) is 24.4 Å². The van der Waals surface area contributed by atoms with Crippen LogP contribution in [0, 0.1) is 0 Å². The molecule has 11 heteroatoms. The van der Waals surface area contributed by atoms with Gasteiger partial charge in [-0.05, 0) is 48.5 Å². The fourth-order valence-corrected chi connectivity index (χ4v) is 3.84. The van der Waals surface area contributed by atoms with Crippen molar-refractivity contribution >= 4 is 27.3 Å². The second kappa shape index (κ2) is 10.0. The van der Waals surface area contributed by atoms with Gasteiger partial charge < -0.3 is 19.2 Å². The number of benzene rings is 2. The molecule has 0 atom stereocenters. The second-order valence-electron chi connectivity index (χ2n) is 6.90. The molecule has 0 spiro atoms. The van der Waals surface area contributed by atoms with E-state index in [1.165, 1.54) is 25.3 Å². The first-order valence-corrected chi connectivity index (χ1v) is 11.5. The molecule has 4 rings (SSSR count). The lowest BCUT2D eigenvalue weighted by Gasteiger charge is -2.09. The van der Waals surface area contributed by atoms with Crippen molar-refractivity contribution in [2.75, 3.05) is 17.1 Å². The van der Waals surface area contributed by atoms with Crippen LogP contribution >= 0.6 is 0 Å². The molecule has 174 valence electrons. The minimum Gasteiger partial charge on any atom is -0.486 e. The van der Waals surface area contributed by atoms with Crippen molar-refractivity contribution in [1.29, 1.82) is 0 Å². The predicted octanol–water partition coefficient (Wildman–Crippen LogP) is 3.71. The number of carbonyl (C=O) groups excluding carboxylic acids is 1. The Morgan fingerprint density at radius 1 is 0.971 bits per heavy atom. The molecule has 2 heterocycles. The normalized spacial score (nSPS) is 11.0. The summed E-state index contributed by atoms with van der Waals surface area (Å²) in [5.74, 6) is 0.988. The number of aromatic nitrogens is 2.